The van der Waals surface area contributed by atoms with Gasteiger partial charge >= 0.3 is 0 Å². The normalized spacial score (nSPS) is 22.4. The van der Waals surface area contributed by atoms with Crippen LogP contribution >= 0.6 is 0 Å². The van der Waals surface area contributed by atoms with E-state index in [4.69, 9.17) is 0 Å². The van der Waals surface area contributed by atoms with Crippen LogP contribution in [-0.4, -0.2) is 76.8 Å². The molecule has 3 fully saturated rings. The van der Waals surface area contributed by atoms with Crippen molar-refractivity contribution >= 4 is 22.7 Å². The third-order valence-electron chi connectivity index (χ3n) is 9.06. The zero-order chi connectivity index (χ0) is 24.4. The molecular formula is C29H42N4O2. The first-order valence-electron chi connectivity index (χ1n) is 13.9. The molecule has 6 nitrogen and oxygen atoms in total. The van der Waals surface area contributed by atoms with Crippen molar-refractivity contribution in [3.05, 3.63) is 36.0 Å². The maximum Gasteiger partial charge on any atom is 0.254 e. The second-order valence-electron chi connectivity index (χ2n) is 11.3. The smallest absolute Gasteiger partial charge is 0.254 e. The lowest BCUT2D eigenvalue weighted by Gasteiger charge is -2.43. The Morgan fingerprint density at radius 3 is 2.26 bits per heavy atom. The zero-order valence-corrected chi connectivity index (χ0v) is 21.5. The third-order valence-corrected chi connectivity index (χ3v) is 9.06. The molecule has 2 saturated heterocycles. The van der Waals surface area contributed by atoms with Crippen molar-refractivity contribution in [1.29, 1.82) is 0 Å². The van der Waals surface area contributed by atoms with E-state index < -0.39 is 6.04 Å². The molecule has 3 heterocycles. The summed E-state index contributed by atoms with van der Waals surface area (Å²) in [5.74, 6) is 1.68. The van der Waals surface area contributed by atoms with Crippen molar-refractivity contribution in [2.75, 3.05) is 33.2 Å². The molecule has 1 atom stereocenters. The summed E-state index contributed by atoms with van der Waals surface area (Å²) in [6, 6.07) is 7.59. The molecule has 2 amide bonds. The highest BCUT2D eigenvalue weighted by Crippen LogP contribution is 2.33. The summed E-state index contributed by atoms with van der Waals surface area (Å²) in [5, 5.41) is 1.10. The number of piperidine rings is 2. The van der Waals surface area contributed by atoms with Crippen LogP contribution in [0.4, 0.5) is 0 Å². The van der Waals surface area contributed by atoms with Gasteiger partial charge in [0.25, 0.3) is 5.91 Å². The summed E-state index contributed by atoms with van der Waals surface area (Å²) in [6.45, 7) is 6.04. The molecule has 1 aromatic heterocycles. The largest absolute Gasteiger partial charge is 0.361 e. The molecule has 1 aromatic carbocycles. The van der Waals surface area contributed by atoms with Crippen LogP contribution in [0.1, 0.15) is 75.1 Å². The molecule has 2 aromatic rings. The number of hydrogen-bond acceptors (Lipinski definition) is 3. The summed E-state index contributed by atoms with van der Waals surface area (Å²) in [4.78, 5) is 37.2. The van der Waals surface area contributed by atoms with Crippen LogP contribution in [0, 0.1) is 11.8 Å². The summed E-state index contributed by atoms with van der Waals surface area (Å²) >= 11 is 0. The van der Waals surface area contributed by atoms with Gasteiger partial charge in [-0.25, -0.2) is 0 Å². The van der Waals surface area contributed by atoms with E-state index in [0.29, 0.717) is 5.56 Å². The Morgan fingerprint density at radius 1 is 0.914 bits per heavy atom. The average Bonchev–Trinajstić information content (AvgIpc) is 3.37. The predicted molar refractivity (Wildman–Crippen MR) is 140 cm³/mol. The van der Waals surface area contributed by atoms with E-state index in [1.165, 1.54) is 32.4 Å². The number of rotatable bonds is 5. The highest BCUT2D eigenvalue weighted by atomic mass is 16.2. The first-order chi connectivity index (χ1) is 17.0. The quantitative estimate of drug-likeness (QED) is 0.664. The van der Waals surface area contributed by atoms with E-state index in [9.17, 15) is 9.59 Å². The number of nitrogens with one attached hydrogen (secondary N) is 1. The van der Waals surface area contributed by atoms with Crippen molar-refractivity contribution < 1.29 is 9.59 Å². The molecule has 35 heavy (non-hydrogen) atoms. The predicted octanol–water partition coefficient (Wildman–Crippen LogP) is 4.91. The van der Waals surface area contributed by atoms with Gasteiger partial charge in [-0.2, -0.15) is 0 Å². The van der Waals surface area contributed by atoms with Gasteiger partial charge in [-0.05, 0) is 101 Å². The van der Waals surface area contributed by atoms with Gasteiger partial charge < -0.3 is 19.7 Å². The Labute approximate surface area is 210 Å². The second-order valence-corrected chi connectivity index (χ2v) is 11.3. The highest BCUT2D eigenvalue weighted by molar-refractivity contribution is 6.00. The lowest BCUT2D eigenvalue weighted by atomic mass is 9.79. The SMILES string of the molecule is C[C@H](C(=O)N1CCC(C2CCN(C)CC2)CC1)N(C(=O)c1ccc2cc[nH]c2c1)C1CCCCC1. The molecule has 1 aliphatic carbocycles. The van der Waals surface area contributed by atoms with Gasteiger partial charge in [0.2, 0.25) is 5.91 Å². The number of hydrogen-bond donors (Lipinski definition) is 1. The molecule has 6 heteroatoms. The minimum atomic E-state index is -0.426. The minimum Gasteiger partial charge on any atom is -0.361 e. The van der Waals surface area contributed by atoms with Crippen molar-refractivity contribution in [1.82, 2.24) is 19.7 Å². The molecular weight excluding hydrogens is 436 g/mol. The van der Waals surface area contributed by atoms with Gasteiger partial charge in [-0.3, -0.25) is 9.59 Å². The lowest BCUT2D eigenvalue weighted by molar-refractivity contribution is -0.138. The Bertz CT molecular complexity index is 1010. The number of likely N-dealkylation sites (tertiary alicyclic amines) is 2. The van der Waals surface area contributed by atoms with Crippen LogP contribution in [0.5, 0.6) is 0 Å². The summed E-state index contributed by atoms with van der Waals surface area (Å²) in [6.07, 6.45) is 12.2. The fourth-order valence-electron chi connectivity index (χ4n) is 6.82. The maximum atomic E-state index is 13.9. The van der Waals surface area contributed by atoms with E-state index in [0.717, 1.165) is 74.4 Å². The number of nitrogens with zero attached hydrogens (tertiary/aromatic N) is 3. The summed E-state index contributed by atoms with van der Waals surface area (Å²) in [7, 11) is 2.22. The van der Waals surface area contributed by atoms with Crippen LogP contribution in [0.15, 0.2) is 30.5 Å². The minimum absolute atomic E-state index is 0.00420. The lowest BCUT2D eigenvalue weighted by Crippen LogP contribution is -2.55. The van der Waals surface area contributed by atoms with Gasteiger partial charge in [0.15, 0.2) is 0 Å². The van der Waals surface area contributed by atoms with Crippen LogP contribution in [0.3, 0.4) is 0 Å². The number of fused-ring (bicyclic) bond motifs is 1. The molecule has 0 spiro atoms. The Morgan fingerprint density at radius 2 is 1.57 bits per heavy atom. The molecule has 5 rings (SSSR count). The molecule has 0 unspecified atom stereocenters. The third kappa shape index (κ3) is 5.28. The summed E-state index contributed by atoms with van der Waals surface area (Å²) < 4.78 is 0. The van der Waals surface area contributed by atoms with Crippen LogP contribution in [0.2, 0.25) is 0 Å². The number of carbonyl (C=O) groups is 2. The van der Waals surface area contributed by atoms with Crippen molar-refractivity contribution in [3.8, 4) is 0 Å². The molecule has 190 valence electrons. The van der Waals surface area contributed by atoms with Gasteiger partial charge in [0, 0.05) is 36.4 Å². The second kappa shape index (κ2) is 10.7. The molecule has 0 radical (unpaired) electrons. The molecule has 2 aliphatic heterocycles. The number of aromatic nitrogens is 1. The fraction of sp³-hybridized carbons (Fsp3) is 0.655. The maximum absolute atomic E-state index is 13.9. The van der Waals surface area contributed by atoms with E-state index in [2.05, 4.69) is 16.9 Å². The van der Waals surface area contributed by atoms with Gasteiger partial charge in [-0.1, -0.05) is 25.3 Å². The standard InChI is InChI=1S/C29H42N4O2/c1-21(28(34)32-18-13-23(14-19-32)22-11-16-31(2)17-12-22)33(26-6-4-3-5-7-26)29(35)25-9-8-24-10-15-30-27(24)20-25/h8-10,15,20-23,26,30H,3-7,11-14,16-19H2,1-2H3/t21-/m1/s1. The molecule has 0 bridgehead atoms. The zero-order valence-electron chi connectivity index (χ0n) is 21.5. The Balaban J connectivity index is 1.28. The first kappa shape index (κ1) is 24.4. The Hall–Kier alpha value is -2.34. The molecule has 1 saturated carbocycles. The van der Waals surface area contributed by atoms with Crippen molar-refractivity contribution in [2.24, 2.45) is 11.8 Å². The van der Waals surface area contributed by atoms with Gasteiger partial charge in [0.05, 0.1) is 0 Å². The van der Waals surface area contributed by atoms with Crippen LogP contribution in [0.25, 0.3) is 10.9 Å². The van der Waals surface area contributed by atoms with E-state index in [1.54, 1.807) is 0 Å². The van der Waals surface area contributed by atoms with Crippen LogP contribution < -0.4 is 0 Å². The Kier molecular flexibility index (Phi) is 7.47. The van der Waals surface area contributed by atoms with Crippen molar-refractivity contribution in [3.63, 3.8) is 0 Å². The van der Waals surface area contributed by atoms with Gasteiger partial charge in [-0.15, -0.1) is 0 Å². The topological polar surface area (TPSA) is 59.7 Å². The number of H-pyrrole nitrogens is 1. The highest BCUT2D eigenvalue weighted by Gasteiger charge is 2.37. The molecule has 1 N–H and O–H groups in total. The average molecular weight is 479 g/mol. The number of benzene rings is 1. The summed E-state index contributed by atoms with van der Waals surface area (Å²) in [5.41, 5.74) is 1.64. The van der Waals surface area contributed by atoms with Crippen molar-refractivity contribution in [2.45, 2.75) is 76.8 Å². The van der Waals surface area contributed by atoms with E-state index >= 15 is 0 Å². The fourth-order valence-corrected chi connectivity index (χ4v) is 6.82. The van der Waals surface area contributed by atoms with E-state index in [1.807, 2.05) is 47.2 Å². The van der Waals surface area contributed by atoms with Crippen LogP contribution in [-0.2, 0) is 4.79 Å². The monoisotopic (exact) mass is 478 g/mol. The number of amides is 2. The number of carbonyl (C=O) groups excluding carboxylic acids is 2. The van der Waals surface area contributed by atoms with E-state index in [-0.39, 0.29) is 17.9 Å². The molecule has 3 aliphatic rings. The first-order valence-corrected chi connectivity index (χ1v) is 13.9. The number of aromatic amines is 1. The van der Waals surface area contributed by atoms with Gasteiger partial charge in [0.1, 0.15) is 6.04 Å².